The Balaban J connectivity index is 2.25. The second kappa shape index (κ2) is 4.40. The molecule has 0 saturated carbocycles. The van der Waals surface area contributed by atoms with E-state index in [2.05, 4.69) is 25.9 Å². The Labute approximate surface area is 96.3 Å². The first kappa shape index (κ1) is 10.1. The molecule has 1 heterocycles. The Morgan fingerprint density at radius 2 is 2.13 bits per heavy atom. The molecule has 0 unspecified atom stereocenters. The molecule has 0 atom stereocenters. The summed E-state index contributed by atoms with van der Waals surface area (Å²) in [7, 11) is 0. The highest BCUT2D eigenvalue weighted by Crippen LogP contribution is 2.28. The number of benzene rings is 1. The third-order valence-corrected chi connectivity index (χ3v) is 2.48. The summed E-state index contributed by atoms with van der Waals surface area (Å²) in [6, 6.07) is 7.60. The summed E-state index contributed by atoms with van der Waals surface area (Å²) < 4.78 is 6.48. The van der Waals surface area contributed by atoms with Crippen LogP contribution in [0.2, 0.25) is 0 Å². The van der Waals surface area contributed by atoms with E-state index in [1.807, 2.05) is 25.1 Å². The molecule has 76 valence electrons. The fraction of sp³-hybridized carbons (Fsp3) is 0.0909. The van der Waals surface area contributed by atoms with Crippen molar-refractivity contribution in [1.82, 2.24) is 9.97 Å². The van der Waals surface area contributed by atoms with Gasteiger partial charge in [0.05, 0.1) is 4.47 Å². The van der Waals surface area contributed by atoms with Crippen LogP contribution in [0.3, 0.4) is 0 Å². The van der Waals surface area contributed by atoms with Gasteiger partial charge in [-0.05, 0) is 40.5 Å². The van der Waals surface area contributed by atoms with E-state index in [0.29, 0.717) is 5.88 Å². The van der Waals surface area contributed by atoms with Crippen molar-refractivity contribution >= 4 is 15.9 Å². The zero-order valence-corrected chi connectivity index (χ0v) is 9.73. The van der Waals surface area contributed by atoms with Crippen molar-refractivity contribution < 1.29 is 4.74 Å². The lowest BCUT2D eigenvalue weighted by Crippen LogP contribution is -1.89. The Kier molecular flexibility index (Phi) is 2.97. The van der Waals surface area contributed by atoms with E-state index in [-0.39, 0.29) is 0 Å². The van der Waals surface area contributed by atoms with Crippen LogP contribution in [0.15, 0.2) is 41.3 Å². The minimum absolute atomic E-state index is 0.537. The van der Waals surface area contributed by atoms with Crippen molar-refractivity contribution in [3.05, 3.63) is 46.8 Å². The van der Waals surface area contributed by atoms with E-state index >= 15 is 0 Å². The molecule has 0 spiro atoms. The van der Waals surface area contributed by atoms with Gasteiger partial charge in [0.2, 0.25) is 5.88 Å². The number of aryl methyl sites for hydroxylation is 1. The predicted molar refractivity (Wildman–Crippen MR) is 61.0 cm³/mol. The van der Waals surface area contributed by atoms with Crippen LogP contribution in [0.25, 0.3) is 0 Å². The smallest absolute Gasteiger partial charge is 0.222 e. The number of rotatable bonds is 2. The highest BCUT2D eigenvalue weighted by Gasteiger charge is 2.02. The highest BCUT2D eigenvalue weighted by molar-refractivity contribution is 9.10. The van der Waals surface area contributed by atoms with Gasteiger partial charge in [-0.1, -0.05) is 6.07 Å². The van der Waals surface area contributed by atoms with Gasteiger partial charge in [0.1, 0.15) is 12.1 Å². The van der Waals surface area contributed by atoms with E-state index in [9.17, 15) is 0 Å². The minimum atomic E-state index is 0.537. The molecule has 2 aromatic rings. The lowest BCUT2D eigenvalue weighted by atomic mass is 10.2. The molecule has 0 fully saturated rings. The van der Waals surface area contributed by atoms with Crippen molar-refractivity contribution in [2.75, 3.05) is 0 Å². The van der Waals surface area contributed by atoms with Crippen LogP contribution >= 0.6 is 15.9 Å². The monoisotopic (exact) mass is 264 g/mol. The molecule has 0 amide bonds. The number of hydrogen-bond donors (Lipinski definition) is 0. The van der Waals surface area contributed by atoms with E-state index in [4.69, 9.17) is 4.74 Å². The Morgan fingerprint density at radius 3 is 2.80 bits per heavy atom. The number of halogens is 1. The van der Waals surface area contributed by atoms with Crippen molar-refractivity contribution in [2.45, 2.75) is 6.92 Å². The predicted octanol–water partition coefficient (Wildman–Crippen LogP) is 3.34. The average molecular weight is 265 g/mol. The van der Waals surface area contributed by atoms with Gasteiger partial charge in [-0.15, -0.1) is 0 Å². The fourth-order valence-corrected chi connectivity index (χ4v) is 1.71. The molecule has 0 aliphatic carbocycles. The van der Waals surface area contributed by atoms with Crippen LogP contribution in [0.5, 0.6) is 11.6 Å². The normalized spacial score (nSPS) is 10.0. The first-order valence-electron chi connectivity index (χ1n) is 4.46. The van der Waals surface area contributed by atoms with Gasteiger partial charge >= 0.3 is 0 Å². The van der Waals surface area contributed by atoms with Crippen LogP contribution in [-0.4, -0.2) is 9.97 Å². The van der Waals surface area contributed by atoms with Gasteiger partial charge in [0.25, 0.3) is 0 Å². The standard InChI is InChI=1S/C11H9BrN2O/c1-8-2-3-10(9(12)6-8)15-11-4-5-13-7-14-11/h2-7H,1H3. The van der Waals surface area contributed by atoms with Crippen LogP contribution in [0, 0.1) is 6.92 Å². The van der Waals surface area contributed by atoms with Crippen LogP contribution in [-0.2, 0) is 0 Å². The summed E-state index contributed by atoms with van der Waals surface area (Å²) in [5, 5.41) is 0. The summed E-state index contributed by atoms with van der Waals surface area (Å²) >= 11 is 3.44. The van der Waals surface area contributed by atoms with Crippen molar-refractivity contribution in [3.63, 3.8) is 0 Å². The summed E-state index contributed by atoms with van der Waals surface area (Å²) in [6.45, 7) is 2.03. The first-order chi connectivity index (χ1) is 7.25. The largest absolute Gasteiger partial charge is 0.438 e. The molecule has 4 heteroatoms. The van der Waals surface area contributed by atoms with Gasteiger partial charge in [-0.25, -0.2) is 9.97 Å². The van der Waals surface area contributed by atoms with Crippen LogP contribution in [0.4, 0.5) is 0 Å². The molecule has 1 aromatic carbocycles. The molecule has 0 N–H and O–H groups in total. The van der Waals surface area contributed by atoms with Crippen molar-refractivity contribution in [1.29, 1.82) is 0 Å². The van der Waals surface area contributed by atoms with Crippen molar-refractivity contribution in [3.8, 4) is 11.6 Å². The van der Waals surface area contributed by atoms with Crippen LogP contribution in [0.1, 0.15) is 5.56 Å². The second-order valence-electron chi connectivity index (χ2n) is 3.08. The molecule has 15 heavy (non-hydrogen) atoms. The molecule has 3 nitrogen and oxygen atoms in total. The van der Waals surface area contributed by atoms with Gasteiger partial charge < -0.3 is 4.74 Å². The summed E-state index contributed by atoms with van der Waals surface area (Å²) in [5.74, 6) is 1.29. The maximum absolute atomic E-state index is 5.57. The van der Waals surface area contributed by atoms with Gasteiger partial charge in [-0.3, -0.25) is 0 Å². The molecular weight excluding hydrogens is 256 g/mol. The van der Waals surface area contributed by atoms with E-state index in [0.717, 1.165) is 10.2 Å². The Hall–Kier alpha value is -1.42. The Morgan fingerprint density at radius 1 is 1.27 bits per heavy atom. The average Bonchev–Trinajstić information content (AvgIpc) is 2.24. The topological polar surface area (TPSA) is 35.0 Å². The van der Waals surface area contributed by atoms with Gasteiger partial charge in [0.15, 0.2) is 0 Å². The molecule has 2 rings (SSSR count). The number of nitrogens with zero attached hydrogens (tertiary/aromatic N) is 2. The maximum Gasteiger partial charge on any atom is 0.222 e. The van der Waals surface area contributed by atoms with E-state index in [1.165, 1.54) is 11.9 Å². The first-order valence-corrected chi connectivity index (χ1v) is 5.25. The summed E-state index contributed by atoms with van der Waals surface area (Å²) in [5.41, 5.74) is 1.18. The van der Waals surface area contributed by atoms with Crippen molar-refractivity contribution in [2.24, 2.45) is 0 Å². The zero-order chi connectivity index (χ0) is 10.7. The lowest BCUT2D eigenvalue weighted by Gasteiger charge is -2.06. The molecule has 0 saturated heterocycles. The maximum atomic E-state index is 5.57. The highest BCUT2D eigenvalue weighted by atomic mass is 79.9. The zero-order valence-electron chi connectivity index (χ0n) is 8.14. The third kappa shape index (κ3) is 2.53. The molecule has 1 aromatic heterocycles. The summed E-state index contributed by atoms with van der Waals surface area (Å²) in [6.07, 6.45) is 3.10. The lowest BCUT2D eigenvalue weighted by molar-refractivity contribution is 0.458. The SMILES string of the molecule is Cc1ccc(Oc2ccncn2)c(Br)c1. The number of hydrogen-bond acceptors (Lipinski definition) is 3. The summed E-state index contributed by atoms with van der Waals surface area (Å²) in [4.78, 5) is 7.80. The molecule has 0 aliphatic heterocycles. The molecule has 0 aliphatic rings. The molecule has 0 radical (unpaired) electrons. The molecule has 0 bridgehead atoms. The third-order valence-electron chi connectivity index (χ3n) is 1.86. The van der Waals surface area contributed by atoms with E-state index < -0.39 is 0 Å². The number of aromatic nitrogens is 2. The van der Waals surface area contributed by atoms with Gasteiger partial charge in [-0.2, -0.15) is 0 Å². The fourth-order valence-electron chi connectivity index (χ4n) is 1.14. The second-order valence-corrected chi connectivity index (χ2v) is 3.94. The molecular formula is C11H9BrN2O. The van der Waals surface area contributed by atoms with Crippen LogP contribution < -0.4 is 4.74 Å². The quantitative estimate of drug-likeness (QED) is 0.835. The Bertz CT molecular complexity index is 459. The van der Waals surface area contributed by atoms with Gasteiger partial charge in [0, 0.05) is 12.3 Å². The van der Waals surface area contributed by atoms with E-state index in [1.54, 1.807) is 12.3 Å². The number of ether oxygens (including phenoxy) is 1. The minimum Gasteiger partial charge on any atom is -0.438 e.